The molecule has 0 radical (unpaired) electrons. The molecule has 5 rings (SSSR count). The summed E-state index contributed by atoms with van der Waals surface area (Å²) in [5.74, 6) is 0.0902. The summed E-state index contributed by atoms with van der Waals surface area (Å²) in [5, 5.41) is 4.03. The number of para-hydroxylation sites is 1. The van der Waals surface area contributed by atoms with Gasteiger partial charge in [-0.25, -0.2) is 9.97 Å². The van der Waals surface area contributed by atoms with Crippen molar-refractivity contribution in [3.05, 3.63) is 89.5 Å². The van der Waals surface area contributed by atoms with Crippen molar-refractivity contribution in [2.75, 3.05) is 36.5 Å². The van der Waals surface area contributed by atoms with Gasteiger partial charge in [-0.15, -0.1) is 0 Å². The van der Waals surface area contributed by atoms with Gasteiger partial charge in [-0.1, -0.05) is 30.3 Å². The van der Waals surface area contributed by atoms with E-state index in [1.807, 2.05) is 36.4 Å². The van der Waals surface area contributed by atoms with E-state index in [1.54, 1.807) is 24.5 Å². The van der Waals surface area contributed by atoms with E-state index in [1.165, 1.54) is 6.33 Å². The number of nitrogens with one attached hydrogen (secondary N) is 1. The molecule has 0 saturated carbocycles. The van der Waals surface area contributed by atoms with Crippen LogP contribution in [0.5, 0.6) is 0 Å². The molecule has 1 amide bonds. The van der Waals surface area contributed by atoms with Gasteiger partial charge in [0.2, 0.25) is 0 Å². The van der Waals surface area contributed by atoms with Gasteiger partial charge in [0, 0.05) is 43.2 Å². The molecular formula is C27H26N6O3. The second kappa shape index (κ2) is 10.5. The Morgan fingerprint density at radius 2 is 1.81 bits per heavy atom. The number of ether oxygens (including phenoxy) is 1. The molecule has 0 unspecified atom stereocenters. The Hall–Kier alpha value is -4.37. The number of pyridine rings is 1. The molecule has 182 valence electrons. The Bertz CT molecular complexity index is 1420. The molecule has 9 heteroatoms. The van der Waals surface area contributed by atoms with Crippen LogP contribution in [-0.4, -0.2) is 52.9 Å². The molecule has 36 heavy (non-hydrogen) atoms. The number of fused-ring (bicyclic) bond motifs is 1. The fourth-order valence-electron chi connectivity index (χ4n) is 4.32. The van der Waals surface area contributed by atoms with Crippen molar-refractivity contribution < 1.29 is 14.3 Å². The Morgan fingerprint density at radius 1 is 1.00 bits per heavy atom. The van der Waals surface area contributed by atoms with Crippen LogP contribution in [0.1, 0.15) is 31.8 Å². The Labute approximate surface area is 208 Å². The first-order chi connectivity index (χ1) is 17.6. The van der Waals surface area contributed by atoms with Gasteiger partial charge in [0.25, 0.3) is 5.91 Å². The number of carbonyl (C=O) groups is 2. The fourth-order valence-corrected chi connectivity index (χ4v) is 4.32. The number of anilines is 2. The second-order valence-electron chi connectivity index (χ2n) is 8.59. The maximum Gasteiger partial charge on any atom is 0.250 e. The van der Waals surface area contributed by atoms with Crippen molar-refractivity contribution in [2.24, 2.45) is 5.73 Å². The van der Waals surface area contributed by atoms with E-state index in [-0.39, 0.29) is 12.2 Å². The maximum atomic E-state index is 13.0. The van der Waals surface area contributed by atoms with E-state index >= 15 is 0 Å². The number of aromatic nitrogens is 3. The average Bonchev–Trinajstić information content (AvgIpc) is 2.92. The topological polar surface area (TPSA) is 123 Å². The van der Waals surface area contributed by atoms with Crippen LogP contribution in [0.3, 0.4) is 0 Å². The predicted molar refractivity (Wildman–Crippen MR) is 137 cm³/mol. The first-order valence-corrected chi connectivity index (χ1v) is 11.7. The minimum Gasteiger partial charge on any atom is -0.378 e. The summed E-state index contributed by atoms with van der Waals surface area (Å²) < 4.78 is 5.41. The summed E-state index contributed by atoms with van der Waals surface area (Å²) in [6.45, 7) is 3.43. The number of nitrogens with zero attached hydrogens (tertiary/aromatic N) is 4. The van der Waals surface area contributed by atoms with Gasteiger partial charge in [0.15, 0.2) is 5.78 Å². The minimum atomic E-state index is -0.534. The van der Waals surface area contributed by atoms with Crippen molar-refractivity contribution in [3.63, 3.8) is 0 Å². The monoisotopic (exact) mass is 482 g/mol. The van der Waals surface area contributed by atoms with Crippen LogP contribution in [0, 0.1) is 0 Å². The van der Waals surface area contributed by atoms with Gasteiger partial charge in [-0.2, -0.15) is 0 Å². The third-order valence-corrected chi connectivity index (χ3v) is 6.17. The summed E-state index contributed by atoms with van der Waals surface area (Å²) in [4.78, 5) is 39.8. The molecule has 0 atom stereocenters. The number of ketones is 1. The number of hydrogen-bond donors (Lipinski definition) is 2. The number of benzene rings is 2. The number of primary amides is 1. The summed E-state index contributed by atoms with van der Waals surface area (Å²) in [5.41, 5.74) is 9.80. The smallest absolute Gasteiger partial charge is 0.250 e. The number of Topliss-reactive ketones (excluding diaryl/α,β-unsaturated/α-hetero) is 1. The van der Waals surface area contributed by atoms with Gasteiger partial charge >= 0.3 is 0 Å². The van der Waals surface area contributed by atoms with Gasteiger partial charge in [-0.05, 0) is 29.3 Å². The molecule has 0 bridgehead atoms. The van der Waals surface area contributed by atoms with E-state index in [2.05, 4.69) is 25.2 Å². The van der Waals surface area contributed by atoms with Gasteiger partial charge in [0.1, 0.15) is 12.1 Å². The van der Waals surface area contributed by atoms with Crippen LogP contribution in [0.4, 0.5) is 11.5 Å². The molecule has 0 spiro atoms. The highest BCUT2D eigenvalue weighted by molar-refractivity contribution is 6.06. The minimum absolute atomic E-state index is 0.0171. The molecule has 1 aliphatic rings. The lowest BCUT2D eigenvalue weighted by atomic mass is 10.0. The summed E-state index contributed by atoms with van der Waals surface area (Å²) in [6, 6.07) is 15.0. The number of morpholine rings is 1. The van der Waals surface area contributed by atoms with E-state index in [0.717, 1.165) is 29.9 Å². The molecule has 4 aromatic rings. The first-order valence-electron chi connectivity index (χ1n) is 11.7. The first kappa shape index (κ1) is 23.4. The average molecular weight is 483 g/mol. The number of nitrogens with two attached hydrogens (primary N) is 1. The molecule has 3 N–H and O–H groups in total. The van der Waals surface area contributed by atoms with Gasteiger partial charge in [-0.3, -0.25) is 14.6 Å². The van der Waals surface area contributed by atoms with Crippen molar-refractivity contribution >= 4 is 34.1 Å². The lowest BCUT2D eigenvalue weighted by Crippen LogP contribution is -2.36. The van der Waals surface area contributed by atoms with E-state index in [0.29, 0.717) is 47.6 Å². The third kappa shape index (κ3) is 5.16. The Balaban J connectivity index is 1.28. The Kier molecular flexibility index (Phi) is 6.81. The molecule has 1 aliphatic heterocycles. The van der Waals surface area contributed by atoms with Crippen LogP contribution in [-0.2, 0) is 17.7 Å². The van der Waals surface area contributed by atoms with E-state index < -0.39 is 5.91 Å². The van der Waals surface area contributed by atoms with Gasteiger partial charge < -0.3 is 20.7 Å². The van der Waals surface area contributed by atoms with E-state index in [9.17, 15) is 9.59 Å². The molecule has 2 aromatic heterocycles. The van der Waals surface area contributed by atoms with Gasteiger partial charge in [0.05, 0.1) is 36.2 Å². The van der Waals surface area contributed by atoms with Crippen LogP contribution in [0.15, 0.2) is 67.3 Å². The lowest BCUT2D eigenvalue weighted by molar-refractivity contribution is 0.0987. The van der Waals surface area contributed by atoms with Crippen molar-refractivity contribution in [2.45, 2.75) is 13.0 Å². The number of rotatable bonds is 8. The standard InChI is InChI=1S/C27H26N6O3/c28-26(35)22-5-2-6-23-25(22)31-17-32-27(23)30-14-19-4-1-3-18(11-19)12-24(34)20-13-21(16-29-15-20)33-7-9-36-10-8-33/h1-6,11,13,15-17H,7-10,12,14H2,(H2,28,35)(H,30,31,32). The van der Waals surface area contributed by atoms with Crippen LogP contribution in [0.25, 0.3) is 10.9 Å². The van der Waals surface area contributed by atoms with E-state index in [4.69, 9.17) is 10.5 Å². The number of amides is 1. The summed E-state index contributed by atoms with van der Waals surface area (Å²) in [6.07, 6.45) is 5.10. The van der Waals surface area contributed by atoms with Crippen LogP contribution >= 0.6 is 0 Å². The van der Waals surface area contributed by atoms with Crippen LogP contribution < -0.4 is 16.0 Å². The molecule has 9 nitrogen and oxygen atoms in total. The highest BCUT2D eigenvalue weighted by Gasteiger charge is 2.15. The molecular weight excluding hydrogens is 456 g/mol. The number of carbonyl (C=O) groups excluding carboxylic acids is 2. The highest BCUT2D eigenvalue weighted by Crippen LogP contribution is 2.23. The van der Waals surface area contributed by atoms with Crippen molar-refractivity contribution in [1.82, 2.24) is 15.0 Å². The Morgan fingerprint density at radius 3 is 2.64 bits per heavy atom. The number of hydrogen-bond acceptors (Lipinski definition) is 8. The third-order valence-electron chi connectivity index (χ3n) is 6.17. The zero-order valence-electron chi connectivity index (χ0n) is 19.7. The second-order valence-corrected chi connectivity index (χ2v) is 8.59. The molecule has 1 saturated heterocycles. The van der Waals surface area contributed by atoms with Crippen molar-refractivity contribution in [1.29, 1.82) is 0 Å². The fraction of sp³-hybridized carbons (Fsp3) is 0.222. The largest absolute Gasteiger partial charge is 0.378 e. The zero-order valence-corrected chi connectivity index (χ0v) is 19.7. The highest BCUT2D eigenvalue weighted by atomic mass is 16.5. The normalized spacial score (nSPS) is 13.5. The zero-order chi connectivity index (χ0) is 24.9. The molecule has 3 heterocycles. The molecule has 0 aliphatic carbocycles. The van der Waals surface area contributed by atoms with Crippen molar-refractivity contribution in [3.8, 4) is 0 Å². The predicted octanol–water partition coefficient (Wildman–Crippen LogP) is 3.00. The summed E-state index contributed by atoms with van der Waals surface area (Å²) >= 11 is 0. The molecule has 1 fully saturated rings. The SMILES string of the molecule is NC(=O)c1cccc2c(NCc3cccc(CC(=O)c4cncc(N5CCOCC5)c4)c3)ncnc12. The summed E-state index contributed by atoms with van der Waals surface area (Å²) in [7, 11) is 0. The lowest BCUT2D eigenvalue weighted by Gasteiger charge is -2.28. The molecule has 2 aromatic carbocycles. The van der Waals surface area contributed by atoms with Crippen LogP contribution in [0.2, 0.25) is 0 Å². The maximum absolute atomic E-state index is 13.0. The quantitative estimate of drug-likeness (QED) is 0.368.